The number of hydrogen-bond donors (Lipinski definition) is 4. The van der Waals surface area contributed by atoms with Crippen molar-refractivity contribution >= 4 is 38.0 Å². The first-order chi connectivity index (χ1) is 36.5. The van der Waals surface area contributed by atoms with Gasteiger partial charge in [0, 0.05) is 41.2 Å². The van der Waals surface area contributed by atoms with Crippen molar-refractivity contribution in [3.63, 3.8) is 0 Å². The third-order valence-corrected chi connectivity index (χ3v) is 14.8. The van der Waals surface area contributed by atoms with Crippen molar-refractivity contribution in [1.82, 2.24) is 24.7 Å². The lowest BCUT2D eigenvalue weighted by Crippen LogP contribution is -2.44. The minimum absolute atomic E-state index is 0.00828. The largest absolute Gasteiger partial charge is 0.481 e. The number of alkyl carbamates (subject to hydrolysis) is 1. The zero-order chi connectivity index (χ0) is 59.2. The number of benzene rings is 4. The summed E-state index contributed by atoms with van der Waals surface area (Å²) in [6, 6.07) is 18.1. The minimum Gasteiger partial charge on any atom is -0.481 e. The van der Waals surface area contributed by atoms with E-state index in [1.807, 2.05) is 37.1 Å². The van der Waals surface area contributed by atoms with Crippen LogP contribution in [0.1, 0.15) is 121 Å². The summed E-state index contributed by atoms with van der Waals surface area (Å²) >= 11 is 0. The molecule has 0 aliphatic heterocycles. The fourth-order valence-electron chi connectivity index (χ4n) is 8.43. The van der Waals surface area contributed by atoms with Gasteiger partial charge in [0.25, 0.3) is 20.0 Å². The highest BCUT2D eigenvalue weighted by atomic mass is 32.2. The van der Waals surface area contributed by atoms with E-state index in [2.05, 4.69) is 15.3 Å². The average Bonchev–Trinajstić information content (AvgIpc) is 3.34. The molecule has 79 heavy (non-hydrogen) atoms. The van der Waals surface area contributed by atoms with E-state index < -0.39 is 94.1 Å². The van der Waals surface area contributed by atoms with E-state index in [4.69, 9.17) is 19.9 Å². The van der Waals surface area contributed by atoms with Gasteiger partial charge in [0.15, 0.2) is 0 Å². The number of pyridine rings is 2. The minimum atomic E-state index is -4.50. The molecule has 2 aromatic heterocycles. The molecule has 0 saturated heterocycles. The molecule has 6 aromatic rings. The summed E-state index contributed by atoms with van der Waals surface area (Å²) in [5.74, 6) is -4.26. The maximum atomic E-state index is 15.2. The number of sulfonamides is 2. The molecule has 0 unspecified atom stereocenters. The van der Waals surface area contributed by atoms with E-state index in [1.54, 1.807) is 58.9 Å². The van der Waals surface area contributed by atoms with Gasteiger partial charge >= 0.3 is 6.09 Å². The number of hydrogen-bond acceptors (Lipinski definition) is 13. The van der Waals surface area contributed by atoms with E-state index in [0.29, 0.717) is 50.4 Å². The van der Waals surface area contributed by atoms with E-state index in [-0.39, 0.29) is 35.3 Å². The molecule has 0 bridgehead atoms. The lowest BCUT2D eigenvalue weighted by atomic mass is 9.88. The summed E-state index contributed by atoms with van der Waals surface area (Å²) in [7, 11) is -6.00. The van der Waals surface area contributed by atoms with Crippen LogP contribution in [0.2, 0.25) is 0 Å². The van der Waals surface area contributed by atoms with Gasteiger partial charge in [0.2, 0.25) is 23.6 Å². The number of carbonyl (C=O) groups is 3. The van der Waals surface area contributed by atoms with Crippen LogP contribution in [0, 0.1) is 23.3 Å². The zero-order valence-corrected chi connectivity index (χ0v) is 47.8. The second-order valence-electron chi connectivity index (χ2n) is 21.2. The number of methoxy groups -OCH3 is 2. The Balaban J connectivity index is 0.000000295. The Morgan fingerprint density at radius 3 is 1.32 bits per heavy atom. The standard InChI is InChI=1S/C31H37F2N3O6S.C26H29F2N3O4S/c1-18(2)22-14-20(32)15-23(19-11-12-34-28(13-19)41-8)24(22)17-27(37)36-43(39,40)21-9-10-25(26(33)16-21)31(6,7)35-29(38)42-30(3,4)5;1-15(2)19-11-17(27)12-20(16-8-9-30-25(10-16)35-5)21(19)14-24(32)31-36(33,34)18-6-7-22(23(28)13-18)26(3,4)29/h9-16,18H,17H2,1-8H3,(H,35,38)(H,36,37);6-13,15H,14,29H2,1-5H3,(H,31,32). The van der Waals surface area contributed by atoms with Gasteiger partial charge in [0.1, 0.15) is 28.9 Å². The van der Waals surface area contributed by atoms with Gasteiger partial charge in [-0.2, -0.15) is 0 Å². The summed E-state index contributed by atoms with van der Waals surface area (Å²) in [6.07, 6.45) is 1.44. The predicted octanol–water partition coefficient (Wildman–Crippen LogP) is 10.4. The summed E-state index contributed by atoms with van der Waals surface area (Å²) in [6.45, 7) is 18.6. The molecule has 0 spiro atoms. The van der Waals surface area contributed by atoms with E-state index in [9.17, 15) is 44.4 Å². The van der Waals surface area contributed by atoms with Crippen LogP contribution in [-0.2, 0) is 58.3 Å². The quantitative estimate of drug-likeness (QED) is 0.0623. The third kappa shape index (κ3) is 16.3. The first-order valence-corrected chi connectivity index (χ1v) is 27.7. The molecule has 5 N–H and O–H groups in total. The van der Waals surface area contributed by atoms with Crippen molar-refractivity contribution in [1.29, 1.82) is 0 Å². The summed E-state index contributed by atoms with van der Waals surface area (Å²) in [5, 5.41) is 2.57. The Bertz CT molecular complexity index is 3490. The molecule has 424 valence electrons. The number of nitrogens with two attached hydrogens (primary N) is 1. The molecule has 6 rings (SSSR count). The van der Waals surface area contributed by atoms with Crippen molar-refractivity contribution in [2.45, 2.75) is 127 Å². The van der Waals surface area contributed by atoms with Crippen LogP contribution in [0.3, 0.4) is 0 Å². The highest BCUT2D eigenvalue weighted by Crippen LogP contribution is 2.36. The van der Waals surface area contributed by atoms with Crippen molar-refractivity contribution in [2.24, 2.45) is 5.73 Å². The Morgan fingerprint density at radius 1 is 0.582 bits per heavy atom. The van der Waals surface area contributed by atoms with Gasteiger partial charge in [-0.25, -0.2) is 58.6 Å². The molecule has 16 nitrogen and oxygen atoms in total. The molecule has 0 aliphatic rings. The number of halogens is 4. The van der Waals surface area contributed by atoms with Gasteiger partial charge in [-0.1, -0.05) is 39.8 Å². The van der Waals surface area contributed by atoms with E-state index in [1.165, 1.54) is 82.9 Å². The Morgan fingerprint density at radius 2 is 0.975 bits per heavy atom. The third-order valence-electron chi connectivity index (χ3n) is 12.1. The molecule has 0 saturated carbocycles. The Kier molecular flexibility index (Phi) is 19.5. The molecule has 0 aliphatic carbocycles. The molecule has 0 radical (unpaired) electrons. The second kappa shape index (κ2) is 24.7. The van der Waals surface area contributed by atoms with E-state index >= 15 is 4.39 Å². The number of nitrogens with zero attached hydrogens (tertiary/aromatic N) is 2. The van der Waals surface area contributed by atoms with Crippen LogP contribution >= 0.6 is 0 Å². The number of rotatable bonds is 17. The molecule has 4 aromatic carbocycles. The molecular formula is C57H66F4N6O10S2. The van der Waals surface area contributed by atoms with Crippen molar-refractivity contribution in [2.75, 3.05) is 14.2 Å². The lowest BCUT2D eigenvalue weighted by molar-refractivity contribution is -0.119. The lowest BCUT2D eigenvalue weighted by Gasteiger charge is -2.29. The van der Waals surface area contributed by atoms with Crippen LogP contribution in [0.15, 0.2) is 107 Å². The second-order valence-corrected chi connectivity index (χ2v) is 24.6. The van der Waals surface area contributed by atoms with Crippen molar-refractivity contribution < 1.29 is 63.0 Å². The summed E-state index contributed by atoms with van der Waals surface area (Å²) in [5.41, 5.74) is 6.84. The normalized spacial score (nSPS) is 12.1. The smallest absolute Gasteiger partial charge is 0.408 e. The van der Waals surface area contributed by atoms with Gasteiger partial charge < -0.3 is 25.3 Å². The summed E-state index contributed by atoms with van der Waals surface area (Å²) in [4.78, 5) is 45.6. The maximum Gasteiger partial charge on any atom is 0.408 e. The first kappa shape index (κ1) is 62.4. The Hall–Kier alpha value is -7.43. The van der Waals surface area contributed by atoms with Gasteiger partial charge in [-0.3, -0.25) is 9.59 Å². The molecule has 3 amide bonds. The number of nitrogens with one attached hydrogen (secondary N) is 3. The van der Waals surface area contributed by atoms with Crippen LogP contribution < -0.4 is 30.0 Å². The number of amides is 3. The highest BCUT2D eigenvalue weighted by Gasteiger charge is 2.31. The van der Waals surface area contributed by atoms with Crippen molar-refractivity contribution in [3.05, 3.63) is 154 Å². The molecule has 0 fully saturated rings. The number of ether oxygens (including phenoxy) is 3. The molecule has 22 heteroatoms. The molecular weight excluding hydrogens is 1070 g/mol. The van der Waals surface area contributed by atoms with Crippen LogP contribution in [0.5, 0.6) is 11.8 Å². The van der Waals surface area contributed by atoms with Crippen molar-refractivity contribution in [3.8, 4) is 34.0 Å². The highest BCUT2D eigenvalue weighted by molar-refractivity contribution is 7.90. The van der Waals surface area contributed by atoms with E-state index in [0.717, 1.165) is 18.2 Å². The maximum absolute atomic E-state index is 15.2. The predicted molar refractivity (Wildman–Crippen MR) is 291 cm³/mol. The molecule has 2 heterocycles. The number of aromatic nitrogens is 2. The fraction of sp³-hybridized carbons (Fsp3) is 0.351. The zero-order valence-electron chi connectivity index (χ0n) is 46.2. The number of carbonyl (C=O) groups excluding carboxylic acids is 3. The van der Waals surface area contributed by atoms with Gasteiger partial charge in [-0.15, -0.1) is 0 Å². The van der Waals surface area contributed by atoms with Crippen LogP contribution in [0.25, 0.3) is 22.3 Å². The summed E-state index contributed by atoms with van der Waals surface area (Å²) < 4.78 is 130. The van der Waals surface area contributed by atoms with Crippen LogP contribution in [-0.4, -0.2) is 64.5 Å². The molecule has 0 atom stereocenters. The monoisotopic (exact) mass is 1130 g/mol. The van der Waals surface area contributed by atoms with Gasteiger partial charge in [-0.05, 0) is 165 Å². The van der Waals surface area contributed by atoms with Gasteiger partial charge in [0.05, 0.1) is 42.4 Å². The Labute approximate surface area is 459 Å². The fourth-order valence-corrected chi connectivity index (χ4v) is 10.4. The average molecular weight is 1140 g/mol. The first-order valence-electron chi connectivity index (χ1n) is 24.7. The van der Waals surface area contributed by atoms with Crippen LogP contribution in [0.4, 0.5) is 22.4 Å². The topological polar surface area (TPSA) is 235 Å². The SMILES string of the molecule is COc1cc(-c2cc(F)cc(C(C)C)c2CC(=O)NS(=O)(=O)c2ccc(C(C)(C)N)c(F)c2)ccn1.COc1cc(-c2cc(F)cc(C(C)C)c2CC(=O)NS(=O)(=O)c2ccc(C(C)(C)NC(=O)OC(C)(C)C)c(F)c2)ccn1.